The quantitative estimate of drug-likeness (QED) is 0.815. The first-order valence-corrected chi connectivity index (χ1v) is 8.71. The third-order valence-electron chi connectivity index (χ3n) is 5.49. The monoisotopic (exact) mass is 326 g/mol. The third kappa shape index (κ3) is 3.50. The molecule has 2 bridgehead atoms. The fourth-order valence-electron chi connectivity index (χ4n) is 4.41. The fraction of sp³-hybridized carbons (Fsp3) is 0.526. The van der Waals surface area contributed by atoms with Gasteiger partial charge in [0.2, 0.25) is 0 Å². The Bertz CT molecular complexity index is 669. The second kappa shape index (κ2) is 6.75. The molecule has 2 fully saturated rings. The summed E-state index contributed by atoms with van der Waals surface area (Å²) in [5, 5.41) is 3.29. The molecule has 3 N–H and O–H groups in total. The zero-order chi connectivity index (χ0) is 17.0. The number of aryl methyl sites for hydroxylation is 1. The van der Waals surface area contributed by atoms with Gasteiger partial charge >= 0.3 is 0 Å². The average molecular weight is 326 g/mol. The van der Waals surface area contributed by atoms with Crippen molar-refractivity contribution in [2.24, 2.45) is 11.1 Å². The van der Waals surface area contributed by atoms with Gasteiger partial charge in [0.25, 0.3) is 5.91 Å². The summed E-state index contributed by atoms with van der Waals surface area (Å²) in [5.74, 6) is -0.0921. The van der Waals surface area contributed by atoms with Crippen LogP contribution in [-0.4, -0.2) is 21.4 Å². The largest absolute Gasteiger partial charge is 0.405 e. The molecule has 1 amide bonds. The molecular formula is C19H26N4O. The van der Waals surface area contributed by atoms with E-state index in [-0.39, 0.29) is 11.4 Å². The van der Waals surface area contributed by atoms with Crippen molar-refractivity contribution < 1.29 is 4.79 Å². The minimum atomic E-state index is -0.0921. The highest BCUT2D eigenvalue weighted by molar-refractivity contribution is 5.92. The summed E-state index contributed by atoms with van der Waals surface area (Å²) in [6.45, 7) is 1.85. The van der Waals surface area contributed by atoms with E-state index in [0.717, 1.165) is 31.4 Å². The maximum Gasteiger partial charge on any atom is 0.271 e. The molecule has 0 spiro atoms. The molecule has 2 unspecified atom stereocenters. The summed E-state index contributed by atoms with van der Waals surface area (Å²) in [7, 11) is 0. The van der Waals surface area contributed by atoms with Crippen molar-refractivity contribution in [2.75, 3.05) is 0 Å². The number of nitrogens with two attached hydrogens (primary N) is 1. The Balaban J connectivity index is 1.69. The van der Waals surface area contributed by atoms with Crippen LogP contribution in [0.2, 0.25) is 0 Å². The number of amides is 1. The number of fused-ring (bicyclic) bond motifs is 2. The van der Waals surface area contributed by atoms with Crippen LogP contribution >= 0.6 is 0 Å². The van der Waals surface area contributed by atoms with Crippen molar-refractivity contribution in [1.29, 1.82) is 0 Å². The Morgan fingerprint density at radius 3 is 2.96 bits per heavy atom. The molecule has 3 rings (SSSR count). The van der Waals surface area contributed by atoms with Gasteiger partial charge < -0.3 is 11.1 Å². The molecule has 1 aromatic rings. The smallest absolute Gasteiger partial charge is 0.271 e. The minimum Gasteiger partial charge on any atom is -0.405 e. The highest BCUT2D eigenvalue weighted by Crippen LogP contribution is 2.55. The van der Waals surface area contributed by atoms with Gasteiger partial charge in [0.15, 0.2) is 0 Å². The summed E-state index contributed by atoms with van der Waals surface area (Å²) in [6, 6.07) is 0. The summed E-state index contributed by atoms with van der Waals surface area (Å²) in [5.41, 5.74) is 6.81. The van der Waals surface area contributed by atoms with Gasteiger partial charge in [-0.1, -0.05) is 18.6 Å². The number of carbonyl (C=O) groups is 1. The fourth-order valence-corrected chi connectivity index (χ4v) is 4.41. The van der Waals surface area contributed by atoms with Crippen molar-refractivity contribution in [3.05, 3.63) is 48.2 Å². The van der Waals surface area contributed by atoms with E-state index in [2.05, 4.69) is 21.4 Å². The van der Waals surface area contributed by atoms with Gasteiger partial charge in [0.05, 0.1) is 11.9 Å². The molecule has 5 heteroatoms. The minimum absolute atomic E-state index is 0.0711. The zero-order valence-electron chi connectivity index (χ0n) is 14.3. The summed E-state index contributed by atoms with van der Waals surface area (Å²) in [6.07, 6.45) is 18.7. The molecule has 128 valence electrons. The Labute approximate surface area is 143 Å². The van der Waals surface area contributed by atoms with Gasteiger partial charge in [-0.25, -0.2) is 4.98 Å². The summed E-state index contributed by atoms with van der Waals surface area (Å²) >= 11 is 0. The first-order chi connectivity index (χ1) is 11.6. The van der Waals surface area contributed by atoms with Crippen LogP contribution in [0.5, 0.6) is 0 Å². The normalized spacial score (nSPS) is 29.4. The van der Waals surface area contributed by atoms with Crippen LogP contribution in [0.4, 0.5) is 0 Å². The van der Waals surface area contributed by atoms with Gasteiger partial charge in [-0.3, -0.25) is 9.78 Å². The van der Waals surface area contributed by atoms with Gasteiger partial charge in [-0.05, 0) is 63.1 Å². The highest BCUT2D eigenvalue weighted by atomic mass is 16.2. The van der Waals surface area contributed by atoms with Crippen LogP contribution < -0.4 is 11.1 Å². The van der Waals surface area contributed by atoms with E-state index in [0.29, 0.717) is 11.1 Å². The first-order valence-electron chi connectivity index (χ1n) is 8.71. The van der Waals surface area contributed by atoms with Crippen LogP contribution in [0.3, 0.4) is 0 Å². The number of aromatic nitrogens is 2. The third-order valence-corrected chi connectivity index (χ3v) is 5.49. The maximum atomic E-state index is 12.6. The Morgan fingerprint density at radius 2 is 2.17 bits per heavy atom. The number of hydrogen-bond acceptors (Lipinski definition) is 4. The van der Waals surface area contributed by atoms with Crippen LogP contribution in [-0.2, 0) is 0 Å². The number of hydrogen-bond donors (Lipinski definition) is 2. The number of nitrogens with zero attached hydrogens (tertiary/aromatic N) is 2. The first kappa shape index (κ1) is 16.7. The van der Waals surface area contributed by atoms with E-state index in [1.807, 2.05) is 19.1 Å². The standard InChI is InChI=1S/C19H26N4O/c1-15-12-21-13-16(22-15)17(24)23-19-8-5-7-18(14-19,9-10-19)6-3-2-4-11-20/h2-4,11-13H,5-10,14,20H2,1H3,(H,23,24)/b3-2-,11-4-. The van der Waals surface area contributed by atoms with Crippen molar-refractivity contribution in [1.82, 2.24) is 15.3 Å². The van der Waals surface area contributed by atoms with Crippen molar-refractivity contribution in [2.45, 2.75) is 57.4 Å². The average Bonchev–Trinajstić information content (AvgIpc) is 2.82. The lowest BCUT2D eigenvalue weighted by Crippen LogP contribution is -2.49. The molecule has 24 heavy (non-hydrogen) atoms. The van der Waals surface area contributed by atoms with Gasteiger partial charge in [0, 0.05) is 11.7 Å². The zero-order valence-corrected chi connectivity index (χ0v) is 14.3. The lowest BCUT2D eigenvalue weighted by Gasteiger charge is -2.39. The van der Waals surface area contributed by atoms with Crippen LogP contribution in [0.15, 0.2) is 36.8 Å². The van der Waals surface area contributed by atoms with Crippen molar-refractivity contribution in [3.8, 4) is 0 Å². The van der Waals surface area contributed by atoms with E-state index < -0.39 is 0 Å². The predicted octanol–water partition coefficient (Wildman–Crippen LogP) is 3.03. The molecule has 0 saturated heterocycles. The van der Waals surface area contributed by atoms with Gasteiger partial charge in [-0.15, -0.1) is 0 Å². The van der Waals surface area contributed by atoms with Gasteiger partial charge in [0.1, 0.15) is 5.69 Å². The molecule has 2 aliphatic rings. The molecule has 1 heterocycles. The Morgan fingerprint density at radius 1 is 1.29 bits per heavy atom. The van der Waals surface area contributed by atoms with E-state index in [4.69, 9.17) is 5.73 Å². The SMILES string of the molecule is Cc1cncc(C(=O)NC23CCCC(C/C=C\C=C/N)(CC2)C3)n1. The molecule has 0 aliphatic heterocycles. The maximum absolute atomic E-state index is 12.6. The number of nitrogens with one attached hydrogen (secondary N) is 1. The molecule has 2 saturated carbocycles. The lowest BCUT2D eigenvalue weighted by atomic mass is 9.71. The number of allylic oxidation sites excluding steroid dienone is 3. The highest BCUT2D eigenvalue weighted by Gasteiger charge is 2.50. The van der Waals surface area contributed by atoms with E-state index in [1.165, 1.54) is 19.3 Å². The Kier molecular flexibility index (Phi) is 4.69. The number of carbonyl (C=O) groups excluding carboxylic acids is 1. The lowest BCUT2D eigenvalue weighted by molar-refractivity contribution is 0.0849. The Hall–Kier alpha value is -2.17. The molecule has 0 aromatic carbocycles. The molecular weight excluding hydrogens is 300 g/mol. The van der Waals surface area contributed by atoms with Crippen LogP contribution in [0, 0.1) is 12.3 Å². The molecule has 1 aromatic heterocycles. The van der Waals surface area contributed by atoms with Crippen LogP contribution in [0.25, 0.3) is 0 Å². The number of rotatable bonds is 5. The van der Waals surface area contributed by atoms with Crippen molar-refractivity contribution in [3.63, 3.8) is 0 Å². The topological polar surface area (TPSA) is 80.9 Å². The second-order valence-electron chi connectivity index (χ2n) is 7.33. The molecule has 5 nitrogen and oxygen atoms in total. The van der Waals surface area contributed by atoms with Crippen molar-refractivity contribution >= 4 is 5.91 Å². The summed E-state index contributed by atoms with van der Waals surface area (Å²) < 4.78 is 0. The van der Waals surface area contributed by atoms with Crippen LogP contribution in [0.1, 0.15) is 61.1 Å². The summed E-state index contributed by atoms with van der Waals surface area (Å²) in [4.78, 5) is 21.0. The second-order valence-corrected chi connectivity index (χ2v) is 7.33. The van der Waals surface area contributed by atoms with E-state index in [9.17, 15) is 4.79 Å². The van der Waals surface area contributed by atoms with E-state index >= 15 is 0 Å². The molecule has 2 atom stereocenters. The van der Waals surface area contributed by atoms with Gasteiger partial charge in [-0.2, -0.15) is 0 Å². The van der Waals surface area contributed by atoms with E-state index in [1.54, 1.807) is 18.6 Å². The predicted molar refractivity (Wildman–Crippen MR) is 94.2 cm³/mol. The molecule has 2 aliphatic carbocycles. The molecule has 0 radical (unpaired) electrons.